The van der Waals surface area contributed by atoms with Crippen molar-refractivity contribution in [2.45, 2.75) is 19.9 Å². The minimum absolute atomic E-state index is 0.0433. The molecule has 2 aromatic carbocycles. The van der Waals surface area contributed by atoms with Crippen molar-refractivity contribution in [2.75, 3.05) is 5.32 Å². The number of rotatable bonds is 5. The summed E-state index contributed by atoms with van der Waals surface area (Å²) in [5.74, 6) is -0.344. The highest BCUT2D eigenvalue weighted by Gasteiger charge is 2.12. The van der Waals surface area contributed by atoms with E-state index in [4.69, 9.17) is 0 Å². The van der Waals surface area contributed by atoms with E-state index in [-0.39, 0.29) is 30.1 Å². The van der Waals surface area contributed by atoms with Gasteiger partial charge >= 0.3 is 0 Å². The third kappa shape index (κ3) is 3.59. The summed E-state index contributed by atoms with van der Waals surface area (Å²) in [5, 5.41) is 14.1. The van der Waals surface area contributed by atoms with Crippen LogP contribution < -0.4 is 10.9 Å². The molecule has 1 heterocycles. The smallest absolute Gasteiger partial charge is 0.274 e. The summed E-state index contributed by atoms with van der Waals surface area (Å²) in [5.41, 5.74) is 1.19. The van der Waals surface area contributed by atoms with Gasteiger partial charge in [-0.2, -0.15) is 0 Å². The van der Waals surface area contributed by atoms with Crippen LogP contribution in [0.25, 0.3) is 10.9 Å². The van der Waals surface area contributed by atoms with Crippen LogP contribution in [0.3, 0.4) is 0 Å². The highest BCUT2D eigenvalue weighted by atomic mass is 16.6. The van der Waals surface area contributed by atoms with E-state index in [0.717, 1.165) is 0 Å². The van der Waals surface area contributed by atoms with Gasteiger partial charge in [0.05, 0.1) is 22.2 Å². The molecule has 0 spiro atoms. The summed E-state index contributed by atoms with van der Waals surface area (Å²) in [6, 6.07) is 11.5. The molecule has 0 aliphatic rings. The van der Waals surface area contributed by atoms with Crippen LogP contribution >= 0.6 is 0 Å². The summed E-state index contributed by atoms with van der Waals surface area (Å²) in [4.78, 5) is 39.2. The quantitative estimate of drug-likeness (QED) is 0.561. The number of carbonyl (C=O) groups excluding carboxylic acids is 1. The van der Waals surface area contributed by atoms with Crippen LogP contribution in [-0.4, -0.2) is 20.4 Å². The Labute approximate surface area is 148 Å². The molecule has 1 aromatic heterocycles. The fraction of sp³-hybridized carbons (Fsp3) is 0.167. The molecular formula is C18H16N4O4. The zero-order chi connectivity index (χ0) is 18.7. The van der Waals surface area contributed by atoms with Gasteiger partial charge < -0.3 is 5.32 Å². The topological polar surface area (TPSA) is 107 Å². The Bertz CT molecular complexity index is 1060. The Morgan fingerprint density at radius 1 is 1.27 bits per heavy atom. The third-order valence-electron chi connectivity index (χ3n) is 4.00. The number of hydrogen-bond acceptors (Lipinski definition) is 5. The molecular weight excluding hydrogens is 336 g/mol. The van der Waals surface area contributed by atoms with Gasteiger partial charge in [0.25, 0.3) is 11.2 Å². The minimum atomic E-state index is -0.495. The van der Waals surface area contributed by atoms with Crippen molar-refractivity contribution in [3.8, 4) is 0 Å². The maximum atomic E-state index is 12.4. The van der Waals surface area contributed by atoms with Crippen LogP contribution in [0, 0.1) is 17.0 Å². The van der Waals surface area contributed by atoms with Crippen molar-refractivity contribution < 1.29 is 9.72 Å². The van der Waals surface area contributed by atoms with Gasteiger partial charge in [0.15, 0.2) is 0 Å². The summed E-state index contributed by atoms with van der Waals surface area (Å²) in [7, 11) is 0. The number of carbonyl (C=O) groups is 1. The molecule has 8 heteroatoms. The number of nitro groups is 1. The Kier molecular flexibility index (Phi) is 4.74. The second-order valence-corrected chi connectivity index (χ2v) is 5.82. The second-order valence-electron chi connectivity index (χ2n) is 5.82. The van der Waals surface area contributed by atoms with Crippen molar-refractivity contribution in [1.82, 2.24) is 9.55 Å². The number of anilines is 1. The van der Waals surface area contributed by atoms with Crippen molar-refractivity contribution >= 4 is 28.2 Å². The van der Waals surface area contributed by atoms with E-state index >= 15 is 0 Å². The molecule has 26 heavy (non-hydrogen) atoms. The van der Waals surface area contributed by atoms with E-state index < -0.39 is 4.92 Å². The first-order valence-corrected chi connectivity index (χ1v) is 7.95. The minimum Gasteiger partial charge on any atom is -0.326 e. The first kappa shape index (κ1) is 17.3. The molecule has 0 atom stereocenters. The van der Waals surface area contributed by atoms with Gasteiger partial charge in [-0.3, -0.25) is 24.3 Å². The van der Waals surface area contributed by atoms with E-state index in [1.54, 1.807) is 43.3 Å². The van der Waals surface area contributed by atoms with E-state index in [9.17, 15) is 19.7 Å². The molecule has 0 unspecified atom stereocenters. The molecule has 0 aliphatic carbocycles. The fourth-order valence-electron chi connectivity index (χ4n) is 2.59. The number of nitrogens with zero attached hydrogens (tertiary/aromatic N) is 3. The van der Waals surface area contributed by atoms with Crippen LogP contribution in [0.2, 0.25) is 0 Å². The lowest BCUT2D eigenvalue weighted by molar-refractivity contribution is -0.385. The Morgan fingerprint density at radius 2 is 2.04 bits per heavy atom. The maximum absolute atomic E-state index is 12.4. The summed E-state index contributed by atoms with van der Waals surface area (Å²) < 4.78 is 1.37. The molecule has 0 bridgehead atoms. The van der Waals surface area contributed by atoms with Crippen molar-refractivity contribution in [3.05, 3.63) is 74.8 Å². The van der Waals surface area contributed by atoms with Gasteiger partial charge in [-0.25, -0.2) is 4.98 Å². The molecule has 0 saturated heterocycles. The predicted octanol–water partition coefficient (Wildman–Crippen LogP) is 2.64. The van der Waals surface area contributed by atoms with Gasteiger partial charge in [-0.15, -0.1) is 0 Å². The van der Waals surface area contributed by atoms with E-state index in [1.165, 1.54) is 17.0 Å². The van der Waals surface area contributed by atoms with Gasteiger partial charge in [-0.05, 0) is 25.1 Å². The number of hydrogen-bond donors (Lipinski definition) is 1. The number of benzene rings is 2. The second kappa shape index (κ2) is 7.14. The molecule has 1 amide bonds. The number of nitro benzene ring substituents is 1. The maximum Gasteiger partial charge on any atom is 0.274 e. The molecule has 3 rings (SSSR count). The molecule has 1 N–H and O–H groups in total. The molecule has 0 saturated carbocycles. The normalized spacial score (nSPS) is 10.7. The number of fused-ring (bicyclic) bond motifs is 1. The van der Waals surface area contributed by atoms with Crippen LogP contribution in [0.15, 0.2) is 53.6 Å². The van der Waals surface area contributed by atoms with E-state index in [1.807, 2.05) is 0 Å². The van der Waals surface area contributed by atoms with Crippen molar-refractivity contribution in [1.29, 1.82) is 0 Å². The number of aromatic nitrogens is 2. The zero-order valence-corrected chi connectivity index (χ0v) is 14.0. The molecule has 0 radical (unpaired) electrons. The summed E-state index contributed by atoms with van der Waals surface area (Å²) in [6.45, 7) is 1.79. The number of amides is 1. The van der Waals surface area contributed by atoms with E-state index in [2.05, 4.69) is 10.3 Å². The Hall–Kier alpha value is -3.55. The van der Waals surface area contributed by atoms with Crippen LogP contribution in [0.5, 0.6) is 0 Å². The highest BCUT2D eigenvalue weighted by molar-refractivity contribution is 5.91. The molecule has 132 valence electrons. The lowest BCUT2D eigenvalue weighted by Gasteiger charge is -2.08. The predicted molar refractivity (Wildman–Crippen MR) is 97.1 cm³/mol. The fourth-order valence-corrected chi connectivity index (χ4v) is 2.59. The average molecular weight is 352 g/mol. The van der Waals surface area contributed by atoms with Crippen molar-refractivity contribution in [3.63, 3.8) is 0 Å². The van der Waals surface area contributed by atoms with Crippen LogP contribution in [-0.2, 0) is 11.3 Å². The molecule has 0 fully saturated rings. The molecule has 3 aromatic rings. The number of aryl methyl sites for hydroxylation is 2. The first-order chi connectivity index (χ1) is 12.5. The van der Waals surface area contributed by atoms with E-state index in [0.29, 0.717) is 22.2 Å². The SMILES string of the molecule is Cc1ccc(NC(=O)CCn2cnc3ccccc3c2=O)cc1[N+](=O)[O-]. The van der Waals surface area contributed by atoms with Gasteiger partial charge in [0.1, 0.15) is 0 Å². The molecule has 0 aliphatic heterocycles. The standard InChI is InChI=1S/C18H16N4O4/c1-12-6-7-13(10-16(12)22(25)26)20-17(23)8-9-21-11-19-15-5-3-2-4-14(15)18(21)24/h2-7,10-11H,8-9H2,1H3,(H,20,23). The average Bonchev–Trinajstić information content (AvgIpc) is 2.63. The first-order valence-electron chi connectivity index (χ1n) is 7.95. The largest absolute Gasteiger partial charge is 0.326 e. The summed E-state index contributed by atoms with van der Waals surface area (Å²) >= 11 is 0. The van der Waals surface area contributed by atoms with Gasteiger partial charge in [-0.1, -0.05) is 18.2 Å². The number of para-hydroxylation sites is 1. The van der Waals surface area contributed by atoms with Gasteiger partial charge in [0.2, 0.25) is 5.91 Å². The van der Waals surface area contributed by atoms with Crippen LogP contribution in [0.1, 0.15) is 12.0 Å². The monoisotopic (exact) mass is 352 g/mol. The van der Waals surface area contributed by atoms with Crippen LogP contribution in [0.4, 0.5) is 11.4 Å². The number of nitrogens with one attached hydrogen (secondary N) is 1. The lowest BCUT2D eigenvalue weighted by Crippen LogP contribution is -2.23. The van der Waals surface area contributed by atoms with Gasteiger partial charge in [0, 0.05) is 30.3 Å². The van der Waals surface area contributed by atoms with Crippen molar-refractivity contribution in [2.24, 2.45) is 0 Å². The third-order valence-corrected chi connectivity index (χ3v) is 4.00. The Morgan fingerprint density at radius 3 is 2.81 bits per heavy atom. The molecule has 8 nitrogen and oxygen atoms in total. The highest BCUT2D eigenvalue weighted by Crippen LogP contribution is 2.22. The summed E-state index contributed by atoms with van der Waals surface area (Å²) in [6.07, 6.45) is 1.45. The lowest BCUT2D eigenvalue weighted by atomic mass is 10.2. The zero-order valence-electron chi connectivity index (χ0n) is 14.0. The Balaban J connectivity index is 1.70.